The second-order valence-corrected chi connectivity index (χ2v) is 4.55. The van der Waals surface area contributed by atoms with E-state index < -0.39 is 0 Å². The van der Waals surface area contributed by atoms with Gasteiger partial charge in [0.2, 0.25) is 0 Å². The van der Waals surface area contributed by atoms with Gasteiger partial charge in [-0.2, -0.15) is 0 Å². The number of anilines is 1. The molecule has 2 heterocycles. The van der Waals surface area contributed by atoms with Crippen molar-refractivity contribution in [1.29, 1.82) is 0 Å². The summed E-state index contributed by atoms with van der Waals surface area (Å²) >= 11 is 11.8. The Labute approximate surface area is 115 Å². The maximum atomic E-state index is 8.90. The Balaban J connectivity index is 2.10. The van der Waals surface area contributed by atoms with E-state index in [-0.39, 0.29) is 6.61 Å². The quantitative estimate of drug-likeness (QED) is 0.846. The summed E-state index contributed by atoms with van der Waals surface area (Å²) in [6, 6.07) is 5.26. The minimum atomic E-state index is -0.109. The Morgan fingerprint density at radius 3 is 2.67 bits per heavy atom. The van der Waals surface area contributed by atoms with Crippen molar-refractivity contribution < 1.29 is 9.52 Å². The molecule has 0 saturated carbocycles. The van der Waals surface area contributed by atoms with Gasteiger partial charge in [0.1, 0.15) is 23.3 Å². The van der Waals surface area contributed by atoms with Crippen LogP contribution in [0.4, 0.5) is 5.69 Å². The Hall–Kier alpha value is -1.23. The molecular weight excluding hydrogens is 275 g/mol. The van der Waals surface area contributed by atoms with E-state index in [1.165, 1.54) is 0 Å². The highest BCUT2D eigenvalue weighted by Gasteiger charge is 2.08. The Morgan fingerprint density at radius 1 is 1.33 bits per heavy atom. The third kappa shape index (κ3) is 2.96. The summed E-state index contributed by atoms with van der Waals surface area (Å²) in [5.41, 5.74) is 1.64. The van der Waals surface area contributed by atoms with Crippen molar-refractivity contribution in [3.63, 3.8) is 0 Å². The zero-order valence-corrected chi connectivity index (χ0v) is 11.2. The number of aromatic nitrogens is 1. The largest absolute Gasteiger partial charge is 0.462 e. The van der Waals surface area contributed by atoms with Gasteiger partial charge in [-0.3, -0.25) is 0 Å². The van der Waals surface area contributed by atoms with Gasteiger partial charge in [-0.15, -0.1) is 0 Å². The summed E-state index contributed by atoms with van der Waals surface area (Å²) in [4.78, 5) is 3.97. The van der Waals surface area contributed by atoms with Crippen LogP contribution >= 0.6 is 23.2 Å². The van der Waals surface area contributed by atoms with Gasteiger partial charge < -0.3 is 14.8 Å². The van der Waals surface area contributed by atoms with Gasteiger partial charge >= 0.3 is 0 Å². The first kappa shape index (κ1) is 13.2. The predicted molar refractivity (Wildman–Crippen MR) is 71.0 cm³/mol. The van der Waals surface area contributed by atoms with E-state index in [4.69, 9.17) is 32.7 Å². The molecule has 0 fully saturated rings. The van der Waals surface area contributed by atoms with Crippen LogP contribution in [0.1, 0.15) is 17.1 Å². The van der Waals surface area contributed by atoms with Crippen LogP contribution in [0.15, 0.2) is 22.6 Å². The number of hydrogen-bond donors (Lipinski definition) is 2. The molecule has 2 N–H and O–H groups in total. The third-order valence-electron chi connectivity index (χ3n) is 2.45. The second-order valence-electron chi connectivity index (χ2n) is 3.81. The summed E-state index contributed by atoms with van der Waals surface area (Å²) in [6.45, 7) is 2.25. The molecule has 2 aromatic rings. The fraction of sp³-hybridized carbons (Fsp3) is 0.250. The van der Waals surface area contributed by atoms with Crippen molar-refractivity contribution in [2.45, 2.75) is 20.1 Å². The lowest BCUT2D eigenvalue weighted by molar-refractivity contribution is 0.244. The van der Waals surface area contributed by atoms with Gasteiger partial charge in [-0.25, -0.2) is 4.98 Å². The Kier molecular flexibility index (Phi) is 4.11. The van der Waals surface area contributed by atoms with Crippen LogP contribution in [-0.4, -0.2) is 10.1 Å². The number of furan rings is 1. The number of rotatable bonds is 4. The maximum Gasteiger partial charge on any atom is 0.154 e. The van der Waals surface area contributed by atoms with Crippen LogP contribution in [0.5, 0.6) is 0 Å². The third-order valence-corrected chi connectivity index (χ3v) is 2.92. The molecule has 0 radical (unpaired) electrons. The zero-order chi connectivity index (χ0) is 13.1. The predicted octanol–water partition coefficient (Wildman–Crippen LogP) is 3.39. The van der Waals surface area contributed by atoms with Crippen LogP contribution in [0, 0.1) is 6.92 Å². The Morgan fingerprint density at radius 2 is 2.06 bits per heavy atom. The van der Waals surface area contributed by atoms with E-state index in [0.29, 0.717) is 28.4 Å². The minimum Gasteiger partial charge on any atom is -0.462 e. The number of halogens is 2. The maximum absolute atomic E-state index is 8.90. The van der Waals surface area contributed by atoms with Crippen molar-refractivity contribution in [1.82, 2.24) is 4.98 Å². The van der Waals surface area contributed by atoms with Crippen LogP contribution in [0.25, 0.3) is 0 Å². The molecule has 96 valence electrons. The highest BCUT2D eigenvalue weighted by Crippen LogP contribution is 2.27. The van der Waals surface area contributed by atoms with Gasteiger partial charge in [0, 0.05) is 0 Å². The summed E-state index contributed by atoms with van der Waals surface area (Å²) in [7, 11) is 0. The molecule has 0 spiro atoms. The van der Waals surface area contributed by atoms with E-state index in [1.54, 1.807) is 18.2 Å². The highest BCUT2D eigenvalue weighted by molar-refractivity contribution is 6.34. The molecule has 18 heavy (non-hydrogen) atoms. The molecule has 0 amide bonds. The molecule has 0 saturated heterocycles. The number of aryl methyl sites for hydroxylation is 1. The van der Waals surface area contributed by atoms with Gasteiger partial charge in [-0.05, 0) is 30.7 Å². The summed E-state index contributed by atoms with van der Waals surface area (Å²) < 4.78 is 5.36. The molecule has 6 heteroatoms. The first-order chi connectivity index (χ1) is 8.60. The van der Waals surface area contributed by atoms with Gasteiger partial charge in [0.15, 0.2) is 5.15 Å². The van der Waals surface area contributed by atoms with E-state index >= 15 is 0 Å². The van der Waals surface area contributed by atoms with Crippen LogP contribution in [0.3, 0.4) is 0 Å². The molecule has 0 aliphatic carbocycles. The van der Waals surface area contributed by atoms with Crippen molar-refractivity contribution >= 4 is 28.9 Å². The normalized spacial score (nSPS) is 10.7. The van der Waals surface area contributed by atoms with Crippen LogP contribution in [-0.2, 0) is 13.2 Å². The molecule has 0 unspecified atom stereocenters. The molecule has 0 bridgehead atoms. The first-order valence-electron chi connectivity index (χ1n) is 5.35. The number of aliphatic hydroxyl groups excluding tert-OH is 1. The molecule has 0 aromatic carbocycles. The standard InChI is InChI=1S/C12H12Cl2N2O2/c1-7-4-10(13)16-12(14)11(7)15-5-8-2-3-9(6-17)18-8/h2-4,15,17H,5-6H2,1H3. The van der Waals surface area contributed by atoms with Crippen molar-refractivity contribution in [2.75, 3.05) is 5.32 Å². The summed E-state index contributed by atoms with van der Waals surface area (Å²) in [5.74, 6) is 1.24. The fourth-order valence-corrected chi connectivity index (χ4v) is 2.18. The molecule has 0 aliphatic rings. The number of nitrogens with zero attached hydrogens (tertiary/aromatic N) is 1. The lowest BCUT2D eigenvalue weighted by Crippen LogP contribution is -2.02. The molecule has 2 rings (SSSR count). The molecular formula is C12H12Cl2N2O2. The van der Waals surface area contributed by atoms with E-state index in [1.807, 2.05) is 6.92 Å². The van der Waals surface area contributed by atoms with Gasteiger partial charge in [0.05, 0.1) is 12.2 Å². The lowest BCUT2D eigenvalue weighted by Gasteiger charge is -2.10. The van der Waals surface area contributed by atoms with Gasteiger partial charge in [0.25, 0.3) is 0 Å². The van der Waals surface area contributed by atoms with Crippen molar-refractivity contribution in [3.8, 4) is 0 Å². The van der Waals surface area contributed by atoms with E-state index in [0.717, 1.165) is 11.3 Å². The second kappa shape index (κ2) is 5.61. The molecule has 2 aromatic heterocycles. The topological polar surface area (TPSA) is 58.3 Å². The Bertz CT molecular complexity index is 532. The highest BCUT2D eigenvalue weighted by atomic mass is 35.5. The monoisotopic (exact) mass is 286 g/mol. The summed E-state index contributed by atoms with van der Waals surface area (Å²) in [6.07, 6.45) is 0. The number of hydrogen-bond acceptors (Lipinski definition) is 4. The van der Waals surface area contributed by atoms with Crippen LogP contribution in [0.2, 0.25) is 10.3 Å². The first-order valence-corrected chi connectivity index (χ1v) is 6.10. The minimum absolute atomic E-state index is 0.109. The smallest absolute Gasteiger partial charge is 0.154 e. The van der Waals surface area contributed by atoms with E-state index in [9.17, 15) is 0 Å². The number of pyridine rings is 1. The average Bonchev–Trinajstić information content (AvgIpc) is 2.75. The average molecular weight is 287 g/mol. The van der Waals surface area contributed by atoms with Crippen molar-refractivity contribution in [2.24, 2.45) is 0 Å². The van der Waals surface area contributed by atoms with E-state index in [2.05, 4.69) is 10.3 Å². The summed E-state index contributed by atoms with van der Waals surface area (Å²) in [5, 5.41) is 12.7. The fourth-order valence-electron chi connectivity index (χ4n) is 1.59. The molecule has 4 nitrogen and oxygen atoms in total. The SMILES string of the molecule is Cc1cc(Cl)nc(Cl)c1NCc1ccc(CO)o1. The van der Waals surface area contributed by atoms with Crippen LogP contribution < -0.4 is 5.32 Å². The van der Waals surface area contributed by atoms with Gasteiger partial charge in [-0.1, -0.05) is 23.2 Å². The zero-order valence-electron chi connectivity index (χ0n) is 9.70. The molecule has 0 atom stereocenters. The number of nitrogens with one attached hydrogen (secondary N) is 1. The van der Waals surface area contributed by atoms with Crippen molar-refractivity contribution in [3.05, 3.63) is 45.6 Å². The molecule has 0 aliphatic heterocycles. The number of aliphatic hydroxyl groups is 1. The lowest BCUT2D eigenvalue weighted by atomic mass is 10.2.